The monoisotopic (exact) mass is 297 g/mol. The van der Waals surface area contributed by atoms with Gasteiger partial charge in [0.25, 0.3) is 11.9 Å². The molecular formula is C9H6F3N9. The number of rotatable bonds is 2. The number of nitrogens with zero attached hydrogens (tertiary/aromatic N) is 8. The molecule has 3 aromatic heterocycles. The van der Waals surface area contributed by atoms with Gasteiger partial charge in [-0.1, -0.05) is 0 Å². The van der Waals surface area contributed by atoms with Crippen LogP contribution in [-0.2, 0) is 6.18 Å². The standard InChI is InChI=1S/C9H6F3N9/c10-9(11,12)5-1-2-20(19-5)7-16-6(13)17-8(18-7)21-4-14-3-15-21/h1-4H,(H2,13,16,17,18). The maximum absolute atomic E-state index is 12.5. The molecule has 0 fully saturated rings. The van der Waals surface area contributed by atoms with E-state index in [-0.39, 0.29) is 17.8 Å². The second-order valence-electron chi connectivity index (χ2n) is 3.78. The van der Waals surface area contributed by atoms with Gasteiger partial charge in [-0.2, -0.15) is 43.0 Å². The van der Waals surface area contributed by atoms with Crippen LogP contribution in [0.2, 0.25) is 0 Å². The Morgan fingerprint density at radius 3 is 2.33 bits per heavy atom. The Morgan fingerprint density at radius 2 is 1.76 bits per heavy atom. The van der Waals surface area contributed by atoms with Crippen molar-refractivity contribution in [2.45, 2.75) is 6.18 Å². The van der Waals surface area contributed by atoms with Gasteiger partial charge in [0.1, 0.15) is 12.7 Å². The summed E-state index contributed by atoms with van der Waals surface area (Å²) in [6, 6.07) is 0.801. The average Bonchev–Trinajstić information content (AvgIpc) is 3.09. The Balaban J connectivity index is 2.05. The first-order valence-electron chi connectivity index (χ1n) is 5.43. The van der Waals surface area contributed by atoms with Crippen molar-refractivity contribution in [2.75, 3.05) is 5.73 Å². The average molecular weight is 297 g/mol. The number of hydrogen-bond donors (Lipinski definition) is 1. The quantitative estimate of drug-likeness (QED) is 0.720. The first kappa shape index (κ1) is 13.0. The number of halogens is 3. The first-order chi connectivity index (χ1) is 9.93. The fraction of sp³-hybridized carbons (Fsp3) is 0.111. The largest absolute Gasteiger partial charge is 0.435 e. The van der Waals surface area contributed by atoms with Crippen molar-refractivity contribution in [3.63, 3.8) is 0 Å². The van der Waals surface area contributed by atoms with Crippen LogP contribution in [0, 0.1) is 0 Å². The van der Waals surface area contributed by atoms with E-state index in [0.29, 0.717) is 0 Å². The zero-order valence-electron chi connectivity index (χ0n) is 10.1. The Morgan fingerprint density at radius 1 is 1.05 bits per heavy atom. The van der Waals surface area contributed by atoms with Crippen LogP contribution in [0.1, 0.15) is 5.69 Å². The second kappa shape index (κ2) is 4.50. The molecule has 0 bridgehead atoms. The Kier molecular flexibility index (Phi) is 2.78. The number of nitrogens with two attached hydrogens (primary N) is 1. The number of alkyl halides is 3. The first-order valence-corrected chi connectivity index (χ1v) is 5.43. The highest BCUT2D eigenvalue weighted by molar-refractivity contribution is 5.28. The van der Waals surface area contributed by atoms with Gasteiger partial charge in [0.15, 0.2) is 5.69 Å². The molecule has 0 unspecified atom stereocenters. The molecule has 0 aromatic carbocycles. The van der Waals surface area contributed by atoms with Gasteiger partial charge in [-0.15, -0.1) is 0 Å². The third kappa shape index (κ3) is 2.50. The molecule has 0 aliphatic rings. The predicted molar refractivity (Wildman–Crippen MR) is 61.3 cm³/mol. The van der Waals surface area contributed by atoms with Crippen molar-refractivity contribution in [1.29, 1.82) is 0 Å². The number of nitrogen functional groups attached to an aromatic ring is 1. The highest BCUT2D eigenvalue weighted by Gasteiger charge is 2.33. The van der Waals surface area contributed by atoms with Gasteiger partial charge in [-0.25, -0.2) is 9.67 Å². The zero-order chi connectivity index (χ0) is 15.0. The van der Waals surface area contributed by atoms with Crippen molar-refractivity contribution in [3.05, 3.63) is 30.6 Å². The summed E-state index contributed by atoms with van der Waals surface area (Å²) in [4.78, 5) is 15.2. The molecule has 0 spiro atoms. The molecule has 12 heteroatoms. The van der Waals surface area contributed by atoms with Gasteiger partial charge >= 0.3 is 6.18 Å². The van der Waals surface area contributed by atoms with Gasteiger partial charge in [-0.3, -0.25) is 0 Å². The van der Waals surface area contributed by atoms with Crippen LogP contribution in [0.5, 0.6) is 0 Å². The van der Waals surface area contributed by atoms with Crippen molar-refractivity contribution in [3.8, 4) is 11.9 Å². The molecule has 0 amide bonds. The van der Waals surface area contributed by atoms with E-state index < -0.39 is 11.9 Å². The van der Waals surface area contributed by atoms with Crippen LogP contribution in [0.3, 0.4) is 0 Å². The van der Waals surface area contributed by atoms with Crippen molar-refractivity contribution in [1.82, 2.24) is 39.5 Å². The molecular weight excluding hydrogens is 291 g/mol. The van der Waals surface area contributed by atoms with Crippen LogP contribution >= 0.6 is 0 Å². The van der Waals surface area contributed by atoms with Crippen molar-refractivity contribution >= 4 is 5.95 Å². The van der Waals surface area contributed by atoms with Gasteiger partial charge < -0.3 is 5.73 Å². The maximum Gasteiger partial charge on any atom is 0.435 e. The van der Waals surface area contributed by atoms with Gasteiger partial charge in [-0.05, 0) is 6.07 Å². The summed E-state index contributed by atoms with van der Waals surface area (Å²) < 4.78 is 39.6. The lowest BCUT2D eigenvalue weighted by Crippen LogP contribution is -2.13. The highest BCUT2D eigenvalue weighted by Crippen LogP contribution is 2.27. The molecule has 108 valence electrons. The van der Waals surface area contributed by atoms with Gasteiger partial charge in [0, 0.05) is 6.20 Å². The van der Waals surface area contributed by atoms with E-state index in [2.05, 4.69) is 30.1 Å². The second-order valence-corrected chi connectivity index (χ2v) is 3.78. The van der Waals surface area contributed by atoms with Crippen molar-refractivity contribution in [2.24, 2.45) is 0 Å². The molecule has 3 rings (SSSR count). The predicted octanol–water partition coefficient (Wildman–Crippen LogP) is 0.239. The third-order valence-corrected chi connectivity index (χ3v) is 2.34. The summed E-state index contributed by atoms with van der Waals surface area (Å²) in [5.41, 5.74) is 4.44. The molecule has 3 aromatic rings. The lowest BCUT2D eigenvalue weighted by atomic mass is 10.4. The minimum Gasteiger partial charge on any atom is -0.368 e. The summed E-state index contributed by atoms with van der Waals surface area (Å²) in [6.07, 6.45) is -0.931. The van der Waals surface area contributed by atoms with E-state index in [0.717, 1.165) is 16.9 Å². The van der Waals surface area contributed by atoms with Crippen LogP contribution in [0.25, 0.3) is 11.9 Å². The van der Waals surface area contributed by atoms with Gasteiger partial charge in [0.05, 0.1) is 0 Å². The molecule has 0 atom stereocenters. The summed E-state index contributed by atoms with van der Waals surface area (Å²) in [5.74, 6) is -0.336. The molecule has 2 N–H and O–H groups in total. The number of anilines is 1. The van der Waals surface area contributed by atoms with Crippen LogP contribution in [0.15, 0.2) is 24.9 Å². The van der Waals surface area contributed by atoms with E-state index in [1.165, 1.54) is 17.3 Å². The fourth-order valence-corrected chi connectivity index (χ4v) is 1.47. The third-order valence-electron chi connectivity index (χ3n) is 2.34. The van der Waals surface area contributed by atoms with Crippen molar-refractivity contribution < 1.29 is 13.2 Å². The summed E-state index contributed by atoms with van der Waals surface area (Å²) in [6.45, 7) is 0. The van der Waals surface area contributed by atoms with Crippen LogP contribution in [0.4, 0.5) is 19.1 Å². The summed E-state index contributed by atoms with van der Waals surface area (Å²) in [7, 11) is 0. The Bertz CT molecular complexity index is 761. The molecule has 21 heavy (non-hydrogen) atoms. The topological polar surface area (TPSA) is 113 Å². The smallest absolute Gasteiger partial charge is 0.368 e. The zero-order valence-corrected chi connectivity index (χ0v) is 10.1. The number of aromatic nitrogens is 8. The molecule has 0 radical (unpaired) electrons. The van der Waals surface area contributed by atoms with E-state index >= 15 is 0 Å². The van der Waals surface area contributed by atoms with Crippen LogP contribution in [-0.4, -0.2) is 39.5 Å². The molecule has 3 heterocycles. The summed E-state index contributed by atoms with van der Waals surface area (Å²) >= 11 is 0. The van der Waals surface area contributed by atoms with E-state index in [1.54, 1.807) is 0 Å². The normalized spacial score (nSPS) is 11.8. The Hall–Kier alpha value is -3.05. The van der Waals surface area contributed by atoms with E-state index in [1.807, 2.05) is 0 Å². The van der Waals surface area contributed by atoms with E-state index in [4.69, 9.17) is 5.73 Å². The molecule has 0 saturated heterocycles. The lowest BCUT2D eigenvalue weighted by molar-refractivity contribution is -0.141. The highest BCUT2D eigenvalue weighted by atomic mass is 19.4. The van der Waals surface area contributed by atoms with Gasteiger partial charge in [0.2, 0.25) is 5.95 Å². The van der Waals surface area contributed by atoms with E-state index in [9.17, 15) is 13.2 Å². The minimum atomic E-state index is -4.56. The summed E-state index contributed by atoms with van der Waals surface area (Å²) in [5, 5.41) is 7.15. The van der Waals surface area contributed by atoms with Crippen LogP contribution < -0.4 is 5.73 Å². The fourth-order valence-electron chi connectivity index (χ4n) is 1.47. The SMILES string of the molecule is Nc1nc(-n2cncn2)nc(-n2ccc(C(F)(F)F)n2)n1. The molecule has 0 aliphatic carbocycles. The maximum atomic E-state index is 12.5. The molecule has 9 nitrogen and oxygen atoms in total. The number of hydrogen-bond acceptors (Lipinski definition) is 7. The lowest BCUT2D eigenvalue weighted by Gasteiger charge is -2.04. The molecule has 0 aliphatic heterocycles. The Labute approximate surface area is 114 Å². The molecule has 0 saturated carbocycles. The minimum absolute atomic E-state index is 0.0130.